The van der Waals surface area contributed by atoms with Crippen molar-refractivity contribution in [2.45, 2.75) is 37.8 Å². The third-order valence-electron chi connectivity index (χ3n) is 4.16. The van der Waals surface area contributed by atoms with Gasteiger partial charge in [0, 0.05) is 12.1 Å². The Kier molecular flexibility index (Phi) is 4.14. The Morgan fingerprint density at radius 3 is 2.57 bits per heavy atom. The lowest BCUT2D eigenvalue weighted by Gasteiger charge is -2.26. The maximum atomic E-state index is 12.1. The molecule has 2 aliphatic rings. The van der Waals surface area contributed by atoms with E-state index in [1.165, 1.54) is 17.0 Å². The summed E-state index contributed by atoms with van der Waals surface area (Å²) in [5.74, 6) is -1.52. The number of aromatic nitrogens is 1. The molecule has 8 nitrogen and oxygen atoms in total. The van der Waals surface area contributed by atoms with Gasteiger partial charge in [0.25, 0.3) is 0 Å². The predicted molar refractivity (Wildman–Crippen MR) is 79.8 cm³/mol. The summed E-state index contributed by atoms with van der Waals surface area (Å²) >= 11 is 0. The number of allylic oxidation sites excluding steroid dienone is 2. The Hall–Kier alpha value is -2.64. The number of rotatable bonds is 3. The summed E-state index contributed by atoms with van der Waals surface area (Å²) in [7, 11) is 0. The topological polar surface area (TPSA) is 104 Å². The molecule has 1 aliphatic heterocycles. The second-order valence-electron chi connectivity index (χ2n) is 5.68. The van der Waals surface area contributed by atoms with Crippen LogP contribution in [0, 0.1) is 0 Å². The van der Waals surface area contributed by atoms with E-state index in [9.17, 15) is 19.8 Å². The zero-order chi connectivity index (χ0) is 16.4. The van der Waals surface area contributed by atoms with E-state index < -0.39 is 17.7 Å². The number of aromatic hydroxyl groups is 2. The van der Waals surface area contributed by atoms with Crippen LogP contribution in [0.15, 0.2) is 24.3 Å². The maximum Gasteiger partial charge on any atom is 0.352 e. The molecule has 1 saturated heterocycles. The highest BCUT2D eigenvalue weighted by Crippen LogP contribution is 2.24. The van der Waals surface area contributed by atoms with E-state index in [-0.39, 0.29) is 24.7 Å². The van der Waals surface area contributed by atoms with Gasteiger partial charge in [0.05, 0.1) is 12.1 Å². The Bertz CT molecular complexity index is 620. The summed E-state index contributed by atoms with van der Waals surface area (Å²) in [6.45, 7) is -0.242. The predicted octanol–water partition coefficient (Wildman–Crippen LogP) is 0.747. The molecule has 2 atom stereocenters. The number of urea groups is 1. The highest BCUT2D eigenvalue weighted by atomic mass is 16.7. The first-order chi connectivity index (χ1) is 11.1. The Morgan fingerprint density at radius 2 is 1.87 bits per heavy atom. The third kappa shape index (κ3) is 3.10. The first-order valence-corrected chi connectivity index (χ1v) is 7.59. The summed E-state index contributed by atoms with van der Waals surface area (Å²) < 4.78 is 0.620. The van der Waals surface area contributed by atoms with Gasteiger partial charge in [-0.15, -0.1) is 4.73 Å². The van der Waals surface area contributed by atoms with E-state index in [0.717, 1.165) is 25.7 Å². The van der Waals surface area contributed by atoms with Crippen molar-refractivity contribution in [1.29, 1.82) is 0 Å². The normalized spacial score (nSPS) is 23.8. The molecule has 124 valence electrons. The molecule has 23 heavy (non-hydrogen) atoms. The Morgan fingerprint density at radius 1 is 1.22 bits per heavy atom. The number of carbonyl (C=O) groups is 2. The fourth-order valence-corrected chi connectivity index (χ4v) is 3.06. The lowest BCUT2D eigenvalue weighted by molar-refractivity contribution is -0.146. The lowest BCUT2D eigenvalue weighted by Crippen LogP contribution is -2.42. The highest BCUT2D eigenvalue weighted by Gasteiger charge is 2.39. The van der Waals surface area contributed by atoms with Crippen LogP contribution in [0.4, 0.5) is 4.79 Å². The lowest BCUT2D eigenvalue weighted by atomic mass is 9.96. The molecule has 2 heterocycles. The van der Waals surface area contributed by atoms with Crippen LogP contribution in [0.2, 0.25) is 0 Å². The molecule has 2 unspecified atom stereocenters. The molecule has 8 heteroatoms. The van der Waals surface area contributed by atoms with Crippen LogP contribution >= 0.6 is 0 Å². The van der Waals surface area contributed by atoms with Crippen LogP contribution < -0.4 is 10.2 Å². The summed E-state index contributed by atoms with van der Waals surface area (Å²) in [6, 6.07) is 2.06. The molecule has 1 aromatic heterocycles. The first kappa shape index (κ1) is 15.3. The minimum Gasteiger partial charge on any atom is -0.492 e. The molecule has 1 aliphatic carbocycles. The molecule has 0 aromatic carbocycles. The minimum absolute atomic E-state index is 0.0219. The summed E-state index contributed by atoms with van der Waals surface area (Å²) in [5, 5.41) is 21.8. The SMILES string of the molecule is O=C(CN1C(=O)NC2CCC=CCCC21)On1c(O)ccc1O. The number of hydrogen-bond acceptors (Lipinski definition) is 5. The van der Waals surface area contributed by atoms with E-state index in [1.54, 1.807) is 0 Å². The van der Waals surface area contributed by atoms with Crippen molar-refractivity contribution in [2.24, 2.45) is 0 Å². The van der Waals surface area contributed by atoms with Crippen molar-refractivity contribution in [2.75, 3.05) is 6.54 Å². The second-order valence-corrected chi connectivity index (χ2v) is 5.68. The van der Waals surface area contributed by atoms with Gasteiger partial charge in [-0.25, -0.2) is 9.59 Å². The second kappa shape index (κ2) is 6.23. The third-order valence-corrected chi connectivity index (χ3v) is 4.16. The van der Waals surface area contributed by atoms with Crippen molar-refractivity contribution < 1.29 is 24.6 Å². The zero-order valence-corrected chi connectivity index (χ0v) is 12.5. The van der Waals surface area contributed by atoms with Gasteiger partial charge >= 0.3 is 12.0 Å². The summed E-state index contributed by atoms with van der Waals surface area (Å²) in [4.78, 5) is 30.5. The summed E-state index contributed by atoms with van der Waals surface area (Å²) in [6.07, 6.45) is 7.54. The van der Waals surface area contributed by atoms with Gasteiger partial charge in [0.15, 0.2) is 0 Å². The van der Waals surface area contributed by atoms with Gasteiger partial charge in [0.2, 0.25) is 11.8 Å². The number of hydrogen-bond donors (Lipinski definition) is 3. The van der Waals surface area contributed by atoms with E-state index in [2.05, 4.69) is 17.5 Å². The van der Waals surface area contributed by atoms with Gasteiger partial charge in [-0.2, -0.15) is 0 Å². The average Bonchev–Trinajstić information content (AvgIpc) is 2.94. The van der Waals surface area contributed by atoms with Crippen molar-refractivity contribution >= 4 is 12.0 Å². The van der Waals surface area contributed by atoms with Gasteiger partial charge in [-0.1, -0.05) is 12.2 Å². The first-order valence-electron chi connectivity index (χ1n) is 7.59. The van der Waals surface area contributed by atoms with Crippen LogP contribution in [-0.4, -0.2) is 50.5 Å². The van der Waals surface area contributed by atoms with Gasteiger partial charge in [0.1, 0.15) is 6.54 Å². The molecule has 0 spiro atoms. The highest BCUT2D eigenvalue weighted by molar-refractivity contribution is 5.83. The van der Waals surface area contributed by atoms with Crippen LogP contribution in [0.3, 0.4) is 0 Å². The number of nitrogens with zero attached hydrogens (tertiary/aromatic N) is 2. The molecule has 1 fully saturated rings. The van der Waals surface area contributed by atoms with Crippen molar-refractivity contribution in [3.05, 3.63) is 24.3 Å². The van der Waals surface area contributed by atoms with Crippen molar-refractivity contribution in [3.63, 3.8) is 0 Å². The minimum atomic E-state index is -0.736. The fraction of sp³-hybridized carbons (Fsp3) is 0.467. The standard InChI is InChI=1S/C15H19N3O5/c19-12-7-8-13(20)18(12)23-14(21)9-17-11-6-4-2-1-3-5-10(11)16-15(17)22/h1-2,7-8,10-11,19-20H,3-6,9H2,(H,16,22). The monoisotopic (exact) mass is 321 g/mol. The van der Waals surface area contributed by atoms with Crippen molar-refractivity contribution in [3.8, 4) is 11.8 Å². The van der Waals surface area contributed by atoms with Crippen LogP contribution in [-0.2, 0) is 4.79 Å². The smallest absolute Gasteiger partial charge is 0.352 e. The van der Waals surface area contributed by atoms with Crippen LogP contribution in [0.25, 0.3) is 0 Å². The average molecular weight is 321 g/mol. The van der Waals surface area contributed by atoms with Crippen LogP contribution in [0.5, 0.6) is 11.8 Å². The van der Waals surface area contributed by atoms with E-state index in [0.29, 0.717) is 4.73 Å². The van der Waals surface area contributed by atoms with Gasteiger partial charge < -0.3 is 25.3 Å². The summed E-state index contributed by atoms with van der Waals surface area (Å²) in [5.41, 5.74) is 0. The molecule has 0 bridgehead atoms. The molecule has 1 aromatic rings. The molecule has 3 N–H and O–H groups in total. The van der Waals surface area contributed by atoms with E-state index >= 15 is 0 Å². The van der Waals surface area contributed by atoms with Gasteiger partial charge in [-0.3, -0.25) is 0 Å². The van der Waals surface area contributed by atoms with Crippen LogP contribution in [0.1, 0.15) is 25.7 Å². The van der Waals surface area contributed by atoms with Crippen molar-refractivity contribution in [1.82, 2.24) is 14.9 Å². The quantitative estimate of drug-likeness (QED) is 0.713. The molecular weight excluding hydrogens is 302 g/mol. The van der Waals surface area contributed by atoms with E-state index in [4.69, 9.17) is 4.84 Å². The number of fused-ring (bicyclic) bond motifs is 1. The number of amides is 2. The molecule has 3 rings (SSSR count). The molecule has 2 amide bonds. The Balaban J connectivity index is 1.67. The van der Waals surface area contributed by atoms with Gasteiger partial charge in [-0.05, 0) is 25.7 Å². The number of carbonyl (C=O) groups excluding carboxylic acids is 2. The number of nitrogens with one attached hydrogen (secondary N) is 1. The van der Waals surface area contributed by atoms with E-state index in [1.807, 2.05) is 0 Å². The largest absolute Gasteiger partial charge is 0.492 e. The molecular formula is C15H19N3O5. The maximum absolute atomic E-state index is 12.1. The molecule has 0 saturated carbocycles. The Labute approximate surface area is 132 Å². The fourth-order valence-electron chi connectivity index (χ4n) is 3.06. The molecule has 0 radical (unpaired) electrons. The zero-order valence-electron chi connectivity index (χ0n) is 12.5.